The largest absolute Gasteiger partial charge is 0.488 e. The van der Waals surface area contributed by atoms with Gasteiger partial charge in [-0.2, -0.15) is 0 Å². The minimum Gasteiger partial charge on any atom is -0.488 e. The number of fused-ring (bicyclic) bond motifs is 1. The lowest BCUT2D eigenvalue weighted by atomic mass is 10.0. The van der Waals surface area contributed by atoms with Gasteiger partial charge in [0.1, 0.15) is 11.9 Å². The Hall–Kier alpha value is -3.06. The predicted molar refractivity (Wildman–Crippen MR) is 116 cm³/mol. The van der Waals surface area contributed by atoms with Crippen LogP contribution in [0.5, 0.6) is 5.75 Å². The molecule has 1 aliphatic rings. The van der Waals surface area contributed by atoms with Gasteiger partial charge in [0.25, 0.3) is 5.91 Å². The third-order valence-corrected chi connectivity index (χ3v) is 4.58. The number of nitrogens with one attached hydrogen (secondary N) is 2. The van der Waals surface area contributed by atoms with Gasteiger partial charge in [0.2, 0.25) is 0 Å². The Morgan fingerprint density at radius 3 is 2.77 bits per heavy atom. The molecule has 2 N–H and O–H groups in total. The van der Waals surface area contributed by atoms with Gasteiger partial charge in [-0.3, -0.25) is 4.79 Å². The molecule has 1 aliphatic heterocycles. The average molecular weight is 412 g/mol. The third kappa shape index (κ3) is 4.91. The fourth-order valence-corrected chi connectivity index (χ4v) is 3.29. The Labute approximate surface area is 176 Å². The van der Waals surface area contributed by atoms with Crippen LogP contribution in [0.2, 0.25) is 0 Å². The number of H-pyrrole nitrogens is 1. The summed E-state index contributed by atoms with van der Waals surface area (Å²) in [4.78, 5) is 28.0. The molecule has 160 valence electrons. The van der Waals surface area contributed by atoms with Crippen molar-refractivity contribution in [3.8, 4) is 5.75 Å². The number of carbonyl (C=O) groups excluding carboxylic acids is 2. The summed E-state index contributed by atoms with van der Waals surface area (Å²) in [5.41, 5.74) is 3.63. The fourth-order valence-electron chi connectivity index (χ4n) is 3.29. The number of carbonyl (C=O) groups is 2. The molecule has 1 atom stereocenters. The summed E-state index contributed by atoms with van der Waals surface area (Å²) in [5, 5.41) is 2.85. The van der Waals surface area contributed by atoms with Gasteiger partial charge in [0.15, 0.2) is 0 Å². The van der Waals surface area contributed by atoms with Gasteiger partial charge < -0.3 is 24.5 Å². The quantitative estimate of drug-likeness (QED) is 0.366. The molecule has 0 aliphatic carbocycles. The Morgan fingerprint density at radius 2 is 2.03 bits per heavy atom. The number of aryl methyl sites for hydroxylation is 1. The lowest BCUT2D eigenvalue weighted by Crippen LogP contribution is -2.19. The number of hydrogen-bond acceptors (Lipinski definition) is 5. The van der Waals surface area contributed by atoms with Crippen LogP contribution in [0.3, 0.4) is 0 Å². The summed E-state index contributed by atoms with van der Waals surface area (Å²) in [5.74, 6) is -0.00844. The summed E-state index contributed by atoms with van der Waals surface area (Å²) in [6, 6.07) is 7.18. The van der Waals surface area contributed by atoms with Gasteiger partial charge in [0.05, 0.1) is 30.0 Å². The summed E-state index contributed by atoms with van der Waals surface area (Å²) < 4.78 is 16.6. The monoisotopic (exact) mass is 412 g/mol. The highest BCUT2D eigenvalue weighted by atomic mass is 16.5. The van der Waals surface area contributed by atoms with Crippen LogP contribution < -0.4 is 10.1 Å². The third-order valence-electron chi connectivity index (χ3n) is 4.58. The van der Waals surface area contributed by atoms with E-state index in [4.69, 9.17) is 14.2 Å². The number of amides is 1. The molecular weight excluding hydrogens is 384 g/mol. The predicted octanol–water partition coefficient (Wildman–Crippen LogP) is 4.19. The van der Waals surface area contributed by atoms with Crippen LogP contribution in [0, 0.1) is 6.92 Å². The molecule has 2 heterocycles. The first-order chi connectivity index (χ1) is 14.4. The number of benzene rings is 1. The molecule has 0 unspecified atom stereocenters. The van der Waals surface area contributed by atoms with E-state index in [1.165, 1.54) is 0 Å². The number of anilines is 1. The molecule has 0 bridgehead atoms. The van der Waals surface area contributed by atoms with Crippen LogP contribution in [0.4, 0.5) is 5.69 Å². The first-order valence-corrected chi connectivity index (χ1v) is 10.2. The van der Waals surface area contributed by atoms with Crippen LogP contribution in [-0.4, -0.2) is 42.8 Å². The highest BCUT2D eigenvalue weighted by Gasteiger charge is 2.26. The maximum Gasteiger partial charge on any atom is 0.340 e. The van der Waals surface area contributed by atoms with E-state index in [-0.39, 0.29) is 18.6 Å². The van der Waals surface area contributed by atoms with Crippen LogP contribution in [-0.2, 0) is 14.3 Å². The van der Waals surface area contributed by atoms with Crippen molar-refractivity contribution in [1.29, 1.82) is 0 Å². The summed E-state index contributed by atoms with van der Waals surface area (Å²) in [7, 11) is 0. The lowest BCUT2D eigenvalue weighted by molar-refractivity contribution is -0.110. The van der Waals surface area contributed by atoms with Crippen LogP contribution in [0.1, 0.15) is 54.5 Å². The molecule has 1 aromatic carbocycles. The van der Waals surface area contributed by atoms with E-state index in [0.29, 0.717) is 41.5 Å². The van der Waals surface area contributed by atoms with Gasteiger partial charge >= 0.3 is 5.97 Å². The molecule has 0 saturated heterocycles. The van der Waals surface area contributed by atoms with Crippen molar-refractivity contribution in [2.24, 2.45) is 0 Å². The zero-order valence-corrected chi connectivity index (χ0v) is 17.8. The minimum atomic E-state index is -0.426. The van der Waals surface area contributed by atoms with E-state index >= 15 is 0 Å². The lowest BCUT2D eigenvalue weighted by Gasteiger charge is -2.15. The van der Waals surface area contributed by atoms with Crippen LogP contribution >= 0.6 is 0 Å². The van der Waals surface area contributed by atoms with E-state index < -0.39 is 5.97 Å². The highest BCUT2D eigenvalue weighted by Crippen LogP contribution is 2.36. The molecule has 7 heteroatoms. The van der Waals surface area contributed by atoms with Gasteiger partial charge in [-0.1, -0.05) is 6.92 Å². The Balaban J connectivity index is 1.87. The maximum atomic E-state index is 12.6. The van der Waals surface area contributed by atoms with Crippen molar-refractivity contribution in [3.63, 3.8) is 0 Å². The first kappa shape index (κ1) is 21.6. The Bertz CT molecular complexity index is 960. The van der Waals surface area contributed by atoms with Crippen molar-refractivity contribution in [2.75, 3.05) is 25.1 Å². The summed E-state index contributed by atoms with van der Waals surface area (Å²) in [6.45, 7) is 9.08. The van der Waals surface area contributed by atoms with Crippen LogP contribution in [0.25, 0.3) is 11.6 Å². The summed E-state index contributed by atoms with van der Waals surface area (Å²) in [6.07, 6.45) is 2.52. The molecule has 0 saturated carbocycles. The molecule has 0 fully saturated rings. The molecule has 30 heavy (non-hydrogen) atoms. The molecule has 0 spiro atoms. The molecule has 1 amide bonds. The Morgan fingerprint density at radius 1 is 1.23 bits per heavy atom. The molecule has 1 aromatic heterocycles. The number of rotatable bonds is 9. The van der Waals surface area contributed by atoms with E-state index in [2.05, 4.69) is 17.2 Å². The zero-order valence-electron chi connectivity index (χ0n) is 17.8. The fraction of sp³-hybridized carbons (Fsp3) is 0.391. The maximum absolute atomic E-state index is 12.6. The van der Waals surface area contributed by atoms with Crippen molar-refractivity contribution in [1.82, 2.24) is 4.98 Å². The standard InChI is InChI=1S/C23H28N2O5/c1-5-9-28-13-15(4)30-16-7-8-20-17(11-16)18(22(26)25-20)12-21-19(10-14(3)24-21)23(27)29-6-2/h7-8,10-12,15,24H,5-6,9,13H2,1-4H3,(H,25,26)/b18-12-/t15-/m0/s1. The average Bonchev–Trinajstić information content (AvgIpc) is 3.22. The molecule has 7 nitrogen and oxygen atoms in total. The second-order valence-electron chi connectivity index (χ2n) is 7.22. The second-order valence-corrected chi connectivity index (χ2v) is 7.22. The normalized spacial score (nSPS) is 15.1. The van der Waals surface area contributed by atoms with Crippen LogP contribution in [0.15, 0.2) is 24.3 Å². The van der Waals surface area contributed by atoms with E-state index in [9.17, 15) is 9.59 Å². The van der Waals surface area contributed by atoms with Gasteiger partial charge in [-0.25, -0.2) is 4.79 Å². The molecular formula is C23H28N2O5. The van der Waals surface area contributed by atoms with Crippen molar-refractivity contribution < 1.29 is 23.8 Å². The first-order valence-electron chi connectivity index (χ1n) is 10.2. The van der Waals surface area contributed by atoms with Gasteiger partial charge in [-0.15, -0.1) is 0 Å². The van der Waals surface area contributed by atoms with Gasteiger partial charge in [0, 0.05) is 23.6 Å². The highest BCUT2D eigenvalue weighted by molar-refractivity contribution is 6.35. The number of hydrogen-bond donors (Lipinski definition) is 2. The molecule has 3 rings (SSSR count). The van der Waals surface area contributed by atoms with Crippen molar-refractivity contribution in [2.45, 2.75) is 40.2 Å². The van der Waals surface area contributed by atoms with Crippen molar-refractivity contribution >= 4 is 29.2 Å². The van der Waals surface area contributed by atoms with Gasteiger partial charge in [-0.05, 0) is 57.5 Å². The van der Waals surface area contributed by atoms with E-state index in [0.717, 1.165) is 17.7 Å². The zero-order chi connectivity index (χ0) is 21.7. The molecule has 2 aromatic rings. The Kier molecular flexibility index (Phi) is 6.95. The molecule has 0 radical (unpaired) electrons. The number of ether oxygens (including phenoxy) is 3. The number of aromatic nitrogens is 1. The van der Waals surface area contributed by atoms with Crippen molar-refractivity contribution in [3.05, 3.63) is 46.8 Å². The smallest absolute Gasteiger partial charge is 0.340 e. The van der Waals surface area contributed by atoms with E-state index in [1.807, 2.05) is 32.0 Å². The van der Waals surface area contributed by atoms with E-state index in [1.54, 1.807) is 19.1 Å². The number of aromatic amines is 1. The summed E-state index contributed by atoms with van der Waals surface area (Å²) >= 11 is 0. The number of esters is 1. The minimum absolute atomic E-state index is 0.117. The second kappa shape index (κ2) is 9.63. The topological polar surface area (TPSA) is 89.7 Å². The SMILES string of the molecule is CCCOC[C@H](C)Oc1ccc2c(c1)/C(=C/c1[nH]c(C)cc1C(=O)OCC)C(=O)N2.